The molecule has 0 unspecified atom stereocenters. The molecule has 1 fully saturated rings. The molecule has 0 aromatic carbocycles. The molecule has 4 nitrogen and oxygen atoms in total. The molecule has 1 rings (SSSR count). The largest absolute Gasteiger partial charge is 0.300 e. The Balaban J connectivity index is 2.14. The first-order chi connectivity index (χ1) is 5.86. The fourth-order valence-corrected chi connectivity index (χ4v) is 1.40. The summed E-state index contributed by atoms with van der Waals surface area (Å²) in [4.78, 5) is 2.33. The van der Waals surface area contributed by atoms with Crippen molar-refractivity contribution in [1.29, 1.82) is 5.26 Å². The minimum atomic E-state index is 0.652. The van der Waals surface area contributed by atoms with Gasteiger partial charge in [0.25, 0.3) is 0 Å². The first-order valence-corrected chi connectivity index (χ1v) is 4.38. The molecule has 0 spiro atoms. The van der Waals surface area contributed by atoms with Crippen molar-refractivity contribution in [3.63, 3.8) is 0 Å². The van der Waals surface area contributed by atoms with E-state index in [1.807, 2.05) is 7.05 Å². The van der Waals surface area contributed by atoms with Crippen molar-refractivity contribution in [3.8, 4) is 6.07 Å². The van der Waals surface area contributed by atoms with E-state index in [4.69, 9.17) is 5.26 Å². The van der Waals surface area contributed by atoms with Crippen molar-refractivity contribution in [2.45, 2.75) is 6.42 Å². The van der Waals surface area contributed by atoms with Crippen LogP contribution in [-0.2, 0) is 0 Å². The summed E-state index contributed by atoms with van der Waals surface area (Å²) < 4.78 is 0. The van der Waals surface area contributed by atoms with Crippen LogP contribution in [0, 0.1) is 11.3 Å². The highest BCUT2D eigenvalue weighted by Gasteiger charge is 2.14. The van der Waals surface area contributed by atoms with E-state index < -0.39 is 0 Å². The number of nitrogens with zero attached hydrogens (tertiary/aromatic N) is 3. The van der Waals surface area contributed by atoms with E-state index in [1.54, 1.807) is 0 Å². The molecule has 0 saturated carbocycles. The van der Waals surface area contributed by atoms with Gasteiger partial charge in [0.2, 0.25) is 0 Å². The van der Waals surface area contributed by atoms with Gasteiger partial charge in [-0.25, -0.2) is 5.01 Å². The van der Waals surface area contributed by atoms with Crippen LogP contribution in [0.3, 0.4) is 0 Å². The van der Waals surface area contributed by atoms with Crippen molar-refractivity contribution in [3.05, 3.63) is 0 Å². The molecule has 0 aromatic rings. The third-order valence-corrected chi connectivity index (χ3v) is 2.23. The van der Waals surface area contributed by atoms with E-state index in [1.165, 1.54) is 0 Å². The molecule has 1 aliphatic rings. The van der Waals surface area contributed by atoms with Gasteiger partial charge < -0.3 is 0 Å². The average molecular weight is 168 g/mol. The predicted molar refractivity (Wildman–Crippen MR) is 47.3 cm³/mol. The van der Waals surface area contributed by atoms with Crippen LogP contribution >= 0.6 is 0 Å². The maximum atomic E-state index is 8.40. The molecular formula is C8H16N4. The molecule has 4 heteroatoms. The zero-order valence-corrected chi connectivity index (χ0v) is 7.58. The summed E-state index contributed by atoms with van der Waals surface area (Å²) in [5.41, 5.74) is 3.12. The second-order valence-corrected chi connectivity index (χ2v) is 2.96. The second kappa shape index (κ2) is 5.09. The minimum absolute atomic E-state index is 0.652. The van der Waals surface area contributed by atoms with E-state index in [2.05, 4.69) is 21.4 Å². The third kappa shape index (κ3) is 2.78. The topological polar surface area (TPSA) is 42.3 Å². The van der Waals surface area contributed by atoms with Crippen molar-refractivity contribution < 1.29 is 0 Å². The Morgan fingerprint density at radius 1 is 1.33 bits per heavy atom. The summed E-state index contributed by atoms with van der Waals surface area (Å²) in [6.45, 7) is 5.18. The minimum Gasteiger partial charge on any atom is -0.300 e. The van der Waals surface area contributed by atoms with E-state index in [0.717, 1.165) is 32.7 Å². The van der Waals surface area contributed by atoms with Gasteiger partial charge >= 0.3 is 0 Å². The van der Waals surface area contributed by atoms with Gasteiger partial charge in [-0.05, 0) is 7.05 Å². The molecular weight excluding hydrogens is 152 g/mol. The summed E-state index contributed by atoms with van der Waals surface area (Å²) in [5, 5.41) is 10.6. The lowest BCUT2D eigenvalue weighted by atomic mass is 10.3. The molecule has 0 amide bonds. The summed E-state index contributed by atoms with van der Waals surface area (Å²) in [6, 6.07) is 2.17. The number of hydrazine groups is 1. The summed E-state index contributed by atoms with van der Waals surface area (Å²) >= 11 is 0. The van der Waals surface area contributed by atoms with Crippen LogP contribution in [0.4, 0.5) is 0 Å². The zero-order chi connectivity index (χ0) is 8.81. The zero-order valence-electron chi connectivity index (χ0n) is 7.58. The molecule has 0 radical (unpaired) electrons. The van der Waals surface area contributed by atoms with Crippen molar-refractivity contribution in [2.75, 3.05) is 39.8 Å². The van der Waals surface area contributed by atoms with Crippen LogP contribution in [-0.4, -0.2) is 49.7 Å². The van der Waals surface area contributed by atoms with Gasteiger partial charge in [0.15, 0.2) is 0 Å². The van der Waals surface area contributed by atoms with Crippen LogP contribution < -0.4 is 5.43 Å². The Morgan fingerprint density at radius 2 is 2.00 bits per heavy atom. The number of piperazine rings is 1. The predicted octanol–water partition coefficient (Wildman–Crippen LogP) is -0.348. The fraction of sp³-hybridized carbons (Fsp3) is 0.875. The third-order valence-electron chi connectivity index (χ3n) is 2.23. The van der Waals surface area contributed by atoms with Crippen LogP contribution in [0.1, 0.15) is 6.42 Å². The lowest BCUT2D eigenvalue weighted by Gasteiger charge is -2.33. The van der Waals surface area contributed by atoms with Crippen LogP contribution in [0.25, 0.3) is 0 Å². The molecule has 0 atom stereocenters. The summed E-state index contributed by atoms with van der Waals surface area (Å²) in [7, 11) is 1.95. The van der Waals surface area contributed by atoms with Crippen molar-refractivity contribution >= 4 is 0 Å². The fourth-order valence-electron chi connectivity index (χ4n) is 1.40. The molecule has 0 aromatic heterocycles. The number of nitrogens with one attached hydrogen (secondary N) is 1. The van der Waals surface area contributed by atoms with Gasteiger partial charge in [0, 0.05) is 39.1 Å². The van der Waals surface area contributed by atoms with Crippen molar-refractivity contribution in [2.24, 2.45) is 0 Å². The monoisotopic (exact) mass is 168 g/mol. The average Bonchev–Trinajstić information content (AvgIpc) is 2.15. The highest BCUT2D eigenvalue weighted by atomic mass is 15.5. The van der Waals surface area contributed by atoms with Gasteiger partial charge in [0.1, 0.15) is 0 Å². The Hall–Kier alpha value is -0.630. The van der Waals surface area contributed by atoms with E-state index in [-0.39, 0.29) is 0 Å². The van der Waals surface area contributed by atoms with Gasteiger partial charge in [0.05, 0.1) is 6.07 Å². The molecule has 0 bridgehead atoms. The molecule has 68 valence electrons. The molecule has 1 saturated heterocycles. The molecule has 12 heavy (non-hydrogen) atoms. The molecule has 0 aliphatic carbocycles. The Bertz CT molecular complexity index is 155. The molecule has 1 N–H and O–H groups in total. The SMILES string of the molecule is CNN1CCN(CCC#N)CC1. The van der Waals surface area contributed by atoms with Crippen molar-refractivity contribution in [1.82, 2.24) is 15.3 Å². The first-order valence-electron chi connectivity index (χ1n) is 4.38. The number of hydrogen-bond acceptors (Lipinski definition) is 4. The van der Waals surface area contributed by atoms with E-state index in [0.29, 0.717) is 6.42 Å². The van der Waals surface area contributed by atoms with Crippen LogP contribution in [0.15, 0.2) is 0 Å². The molecule has 1 heterocycles. The van der Waals surface area contributed by atoms with E-state index >= 15 is 0 Å². The van der Waals surface area contributed by atoms with Gasteiger partial charge in [-0.2, -0.15) is 5.26 Å². The van der Waals surface area contributed by atoms with Gasteiger partial charge in [-0.15, -0.1) is 0 Å². The Kier molecular flexibility index (Phi) is 4.01. The van der Waals surface area contributed by atoms with Gasteiger partial charge in [-0.1, -0.05) is 0 Å². The quantitative estimate of drug-likeness (QED) is 0.625. The number of hydrogen-bond donors (Lipinski definition) is 1. The number of nitriles is 1. The lowest BCUT2D eigenvalue weighted by molar-refractivity contribution is 0.101. The first kappa shape index (κ1) is 9.46. The number of rotatable bonds is 3. The van der Waals surface area contributed by atoms with Crippen LogP contribution in [0.5, 0.6) is 0 Å². The molecule has 1 aliphatic heterocycles. The maximum Gasteiger partial charge on any atom is 0.0635 e. The van der Waals surface area contributed by atoms with Gasteiger partial charge in [-0.3, -0.25) is 10.3 Å². The summed E-state index contributed by atoms with van der Waals surface area (Å²) in [5.74, 6) is 0. The Labute approximate surface area is 73.7 Å². The second-order valence-electron chi connectivity index (χ2n) is 2.96. The van der Waals surface area contributed by atoms with Crippen LogP contribution in [0.2, 0.25) is 0 Å². The smallest absolute Gasteiger partial charge is 0.0635 e. The standard InChI is InChI=1S/C8H16N4/c1-10-12-7-5-11(6-8-12)4-2-3-9/h10H,2,4-8H2,1H3. The summed E-state index contributed by atoms with van der Waals surface area (Å²) in [6.07, 6.45) is 0.652. The van der Waals surface area contributed by atoms with E-state index in [9.17, 15) is 0 Å². The highest BCUT2D eigenvalue weighted by molar-refractivity contribution is 4.75. The normalized spacial score (nSPS) is 20.7. The maximum absolute atomic E-state index is 8.40. The Morgan fingerprint density at radius 3 is 2.50 bits per heavy atom. The lowest BCUT2D eigenvalue weighted by Crippen LogP contribution is -2.50. The highest BCUT2D eigenvalue weighted by Crippen LogP contribution is 1.98.